The summed E-state index contributed by atoms with van der Waals surface area (Å²) < 4.78 is 0. The van der Waals surface area contributed by atoms with E-state index in [1.807, 2.05) is 0 Å². The first-order chi connectivity index (χ1) is 10.4. The fourth-order valence-electron chi connectivity index (χ4n) is 6.89. The number of hydrogen-bond acceptors (Lipinski definition) is 2. The maximum atomic E-state index is 4.20. The highest BCUT2D eigenvalue weighted by molar-refractivity contribution is 5.17. The average molecular weight is 288 g/mol. The van der Waals surface area contributed by atoms with Crippen LogP contribution in [0.3, 0.4) is 0 Å². The molecular formula is C19H32N2. The molecule has 1 saturated heterocycles. The van der Waals surface area contributed by atoms with Crippen molar-refractivity contribution in [1.82, 2.24) is 10.6 Å². The minimum absolute atomic E-state index is 0.826. The van der Waals surface area contributed by atoms with Crippen molar-refractivity contribution in [3.8, 4) is 0 Å². The van der Waals surface area contributed by atoms with Gasteiger partial charge in [0.05, 0.1) is 0 Å². The predicted octanol–water partition coefficient (Wildman–Crippen LogP) is 3.32. The maximum Gasteiger partial charge on any atom is 0.0138 e. The van der Waals surface area contributed by atoms with Gasteiger partial charge >= 0.3 is 0 Å². The molecular weight excluding hydrogens is 256 g/mol. The molecule has 118 valence electrons. The lowest BCUT2D eigenvalue weighted by molar-refractivity contribution is 0.175. The molecule has 7 unspecified atom stereocenters. The molecule has 1 aliphatic heterocycles. The van der Waals surface area contributed by atoms with Gasteiger partial charge in [0.25, 0.3) is 0 Å². The van der Waals surface area contributed by atoms with Gasteiger partial charge in [0.15, 0.2) is 0 Å². The molecule has 2 N–H and O–H groups in total. The van der Waals surface area contributed by atoms with E-state index in [1.165, 1.54) is 51.5 Å². The second-order valence-corrected chi connectivity index (χ2v) is 8.79. The van der Waals surface area contributed by atoms with Crippen LogP contribution in [-0.2, 0) is 0 Å². The summed E-state index contributed by atoms with van der Waals surface area (Å²) in [7, 11) is 0. The van der Waals surface area contributed by atoms with Gasteiger partial charge in [-0.3, -0.25) is 0 Å². The monoisotopic (exact) mass is 288 g/mol. The third-order valence-electron chi connectivity index (χ3n) is 7.83. The van der Waals surface area contributed by atoms with Crippen molar-refractivity contribution in [2.75, 3.05) is 6.54 Å². The zero-order chi connectivity index (χ0) is 13.8. The molecule has 1 heterocycles. The Labute approximate surface area is 129 Å². The molecule has 0 aromatic carbocycles. The lowest BCUT2D eigenvalue weighted by Crippen LogP contribution is -2.51. The summed E-state index contributed by atoms with van der Waals surface area (Å²) >= 11 is 0. The van der Waals surface area contributed by atoms with Crippen LogP contribution in [0.4, 0.5) is 0 Å². The van der Waals surface area contributed by atoms with E-state index in [1.54, 1.807) is 19.3 Å². The Morgan fingerprint density at radius 2 is 1.52 bits per heavy atom. The molecule has 21 heavy (non-hydrogen) atoms. The van der Waals surface area contributed by atoms with Gasteiger partial charge in [-0.05, 0) is 81.1 Å². The fourth-order valence-corrected chi connectivity index (χ4v) is 6.89. The van der Waals surface area contributed by atoms with Crippen molar-refractivity contribution in [2.24, 2.45) is 29.6 Å². The number of piperidine rings is 1. The molecule has 0 aromatic heterocycles. The summed E-state index contributed by atoms with van der Waals surface area (Å²) in [6, 6.07) is 2.60. The Kier molecular flexibility index (Phi) is 3.33. The largest absolute Gasteiger partial charge is 0.314 e. The fraction of sp³-hybridized carbons (Fsp3) is 1.00. The highest BCUT2D eigenvalue weighted by Crippen LogP contribution is 2.65. The zero-order valence-corrected chi connectivity index (χ0v) is 13.4. The van der Waals surface area contributed by atoms with Crippen molar-refractivity contribution in [2.45, 2.75) is 82.3 Å². The molecule has 0 amide bonds. The molecule has 7 atom stereocenters. The molecule has 0 radical (unpaired) electrons. The van der Waals surface area contributed by atoms with Gasteiger partial charge in [0.1, 0.15) is 0 Å². The summed E-state index contributed by atoms with van der Waals surface area (Å²) in [6.45, 7) is 1.27. The van der Waals surface area contributed by atoms with Crippen LogP contribution < -0.4 is 10.6 Å². The molecule has 2 heteroatoms. The number of nitrogens with one attached hydrogen (secondary N) is 2. The molecule has 5 fully saturated rings. The normalized spacial score (nSPS) is 55.4. The second-order valence-electron chi connectivity index (χ2n) is 8.79. The minimum Gasteiger partial charge on any atom is -0.314 e. The van der Waals surface area contributed by atoms with Gasteiger partial charge in [0.2, 0.25) is 0 Å². The summed E-state index contributed by atoms with van der Waals surface area (Å²) in [5, 5.41) is 8.06. The average Bonchev–Trinajstić information content (AvgIpc) is 2.93. The summed E-state index contributed by atoms with van der Waals surface area (Å²) in [6.07, 6.45) is 14.9. The van der Waals surface area contributed by atoms with E-state index in [9.17, 15) is 0 Å². The van der Waals surface area contributed by atoms with Gasteiger partial charge in [0, 0.05) is 18.1 Å². The summed E-state index contributed by atoms with van der Waals surface area (Å²) in [5.41, 5.74) is 0. The van der Waals surface area contributed by atoms with E-state index in [4.69, 9.17) is 0 Å². The van der Waals surface area contributed by atoms with E-state index in [2.05, 4.69) is 10.6 Å². The lowest BCUT2D eigenvalue weighted by atomic mass is 9.77. The van der Waals surface area contributed by atoms with Crippen molar-refractivity contribution in [1.29, 1.82) is 0 Å². The Bertz CT molecular complexity index is 373. The van der Waals surface area contributed by atoms with Crippen molar-refractivity contribution in [3.05, 3.63) is 0 Å². The van der Waals surface area contributed by atoms with Crippen LogP contribution in [0.1, 0.15) is 64.2 Å². The van der Waals surface area contributed by atoms with Crippen LogP contribution in [0.25, 0.3) is 0 Å². The third-order valence-corrected chi connectivity index (χ3v) is 7.83. The first-order valence-electron chi connectivity index (χ1n) is 9.91. The molecule has 2 bridgehead atoms. The van der Waals surface area contributed by atoms with Gasteiger partial charge in [-0.15, -0.1) is 0 Å². The summed E-state index contributed by atoms with van der Waals surface area (Å²) in [5.74, 6) is 5.37. The molecule has 5 rings (SSSR count). The minimum atomic E-state index is 0.826. The van der Waals surface area contributed by atoms with E-state index in [0.29, 0.717) is 0 Å². The van der Waals surface area contributed by atoms with Gasteiger partial charge < -0.3 is 10.6 Å². The quantitative estimate of drug-likeness (QED) is 0.832. The standard InChI is InChI=1S/C19H32N2/c1-2-7-16(14(5-1)15-6-3-4-10-20-15)21-19-17-12-8-9-13(11-12)18(17)19/h12-21H,1-11H2. The van der Waals surface area contributed by atoms with Crippen molar-refractivity contribution >= 4 is 0 Å². The molecule has 4 saturated carbocycles. The molecule has 2 nitrogen and oxygen atoms in total. The summed E-state index contributed by atoms with van der Waals surface area (Å²) in [4.78, 5) is 0. The Hall–Kier alpha value is -0.0800. The van der Waals surface area contributed by atoms with Gasteiger partial charge in [-0.2, -0.15) is 0 Å². The van der Waals surface area contributed by atoms with Crippen LogP contribution in [0.15, 0.2) is 0 Å². The SMILES string of the molecule is C1CCC(C2CCCCC2NC2C3C4CCC(C4)C23)NC1. The molecule has 0 aromatic rings. The van der Waals surface area contributed by atoms with E-state index < -0.39 is 0 Å². The first kappa shape index (κ1) is 13.4. The zero-order valence-electron chi connectivity index (χ0n) is 13.4. The van der Waals surface area contributed by atoms with E-state index in [0.717, 1.165) is 47.7 Å². The molecule has 4 aliphatic carbocycles. The number of fused-ring (bicyclic) bond motifs is 5. The third kappa shape index (κ3) is 2.20. The lowest BCUT2D eigenvalue weighted by Gasteiger charge is -2.40. The van der Waals surface area contributed by atoms with E-state index >= 15 is 0 Å². The molecule has 5 aliphatic rings. The van der Waals surface area contributed by atoms with Crippen LogP contribution in [0.2, 0.25) is 0 Å². The van der Waals surface area contributed by atoms with Crippen LogP contribution >= 0.6 is 0 Å². The van der Waals surface area contributed by atoms with Crippen LogP contribution in [-0.4, -0.2) is 24.7 Å². The topological polar surface area (TPSA) is 24.1 Å². The van der Waals surface area contributed by atoms with Gasteiger partial charge in [-0.1, -0.05) is 19.3 Å². The molecule has 0 spiro atoms. The number of rotatable bonds is 3. The van der Waals surface area contributed by atoms with Crippen LogP contribution in [0, 0.1) is 29.6 Å². The highest BCUT2D eigenvalue weighted by atomic mass is 15.1. The Morgan fingerprint density at radius 3 is 2.29 bits per heavy atom. The smallest absolute Gasteiger partial charge is 0.0138 e. The first-order valence-corrected chi connectivity index (χ1v) is 9.91. The second kappa shape index (κ2) is 5.23. The van der Waals surface area contributed by atoms with Crippen LogP contribution in [0.5, 0.6) is 0 Å². The van der Waals surface area contributed by atoms with Crippen molar-refractivity contribution < 1.29 is 0 Å². The highest BCUT2D eigenvalue weighted by Gasteiger charge is 2.65. The Balaban J connectivity index is 1.24. The number of hydrogen-bond donors (Lipinski definition) is 2. The Morgan fingerprint density at radius 1 is 0.762 bits per heavy atom. The van der Waals surface area contributed by atoms with Gasteiger partial charge in [-0.25, -0.2) is 0 Å². The predicted molar refractivity (Wildman–Crippen MR) is 86.1 cm³/mol. The maximum absolute atomic E-state index is 4.20. The van der Waals surface area contributed by atoms with Crippen molar-refractivity contribution in [3.63, 3.8) is 0 Å². The van der Waals surface area contributed by atoms with E-state index in [-0.39, 0.29) is 0 Å².